The first-order valence-electron chi connectivity index (χ1n) is 11.0. The molecule has 0 fully saturated rings. The van der Waals surface area contributed by atoms with E-state index in [-0.39, 0.29) is 5.75 Å². The summed E-state index contributed by atoms with van der Waals surface area (Å²) in [6, 6.07) is 3.44. The summed E-state index contributed by atoms with van der Waals surface area (Å²) in [6.45, 7) is 10.1. The van der Waals surface area contributed by atoms with E-state index >= 15 is 0 Å². The molecule has 0 amide bonds. The minimum atomic E-state index is -0.822. The van der Waals surface area contributed by atoms with Crippen LogP contribution in [0, 0.1) is 6.92 Å². The lowest BCUT2D eigenvalue weighted by molar-refractivity contribution is -0.132. The Labute approximate surface area is 186 Å². The maximum atomic E-state index is 11.5. The van der Waals surface area contributed by atoms with Crippen molar-refractivity contribution in [3.8, 4) is 11.5 Å². The highest BCUT2D eigenvalue weighted by molar-refractivity contribution is 5.86. The summed E-state index contributed by atoms with van der Waals surface area (Å²) in [4.78, 5) is 11.5. The average molecular weight is 425 g/mol. The monoisotopic (exact) mass is 424 g/mol. The third-order valence-corrected chi connectivity index (χ3v) is 5.69. The van der Waals surface area contributed by atoms with E-state index in [1.165, 1.54) is 11.1 Å². The van der Waals surface area contributed by atoms with Gasteiger partial charge in [-0.1, -0.05) is 35.5 Å². The van der Waals surface area contributed by atoms with E-state index in [1.807, 2.05) is 39.8 Å². The first-order valence-corrected chi connectivity index (χ1v) is 11.0. The van der Waals surface area contributed by atoms with Gasteiger partial charge in [0.25, 0.3) is 0 Å². The highest BCUT2D eigenvalue weighted by Crippen LogP contribution is 2.38. The van der Waals surface area contributed by atoms with Gasteiger partial charge in [-0.2, -0.15) is 0 Å². The van der Waals surface area contributed by atoms with Gasteiger partial charge in [0.1, 0.15) is 17.1 Å². The lowest BCUT2D eigenvalue weighted by atomic mass is 9.91. The summed E-state index contributed by atoms with van der Waals surface area (Å²) in [5.74, 6) is 0.256. The van der Waals surface area contributed by atoms with Gasteiger partial charge in [-0.25, -0.2) is 4.79 Å². The molecule has 31 heavy (non-hydrogen) atoms. The van der Waals surface area contributed by atoms with Crippen LogP contribution in [0.15, 0.2) is 53.2 Å². The Morgan fingerprint density at radius 2 is 1.84 bits per heavy atom. The van der Waals surface area contributed by atoms with Crippen LogP contribution in [0.5, 0.6) is 11.5 Å². The molecule has 0 radical (unpaired) electrons. The molecule has 2 rings (SSSR count). The Kier molecular flexibility index (Phi) is 8.73. The number of hydrogen-bond acceptors (Lipinski definition) is 3. The SMILES string of the molecule is C/C=C(\CC/C=C(/CCC=C(C)C)C(=O)O)CCC1(C)C=Cc2cc(O)cc(C)c2O1. The molecule has 1 heterocycles. The minimum Gasteiger partial charge on any atom is -0.508 e. The van der Waals surface area contributed by atoms with Crippen LogP contribution in [0.4, 0.5) is 0 Å². The minimum absolute atomic E-state index is 0.249. The lowest BCUT2D eigenvalue weighted by Gasteiger charge is -2.33. The van der Waals surface area contributed by atoms with Gasteiger partial charge < -0.3 is 14.9 Å². The molecule has 0 spiro atoms. The van der Waals surface area contributed by atoms with Gasteiger partial charge in [0, 0.05) is 11.1 Å². The third-order valence-electron chi connectivity index (χ3n) is 5.69. The van der Waals surface area contributed by atoms with E-state index in [0.29, 0.717) is 12.0 Å². The number of carboxylic acid groups (broad SMARTS) is 1. The molecule has 1 aliphatic rings. The molecule has 0 saturated heterocycles. The number of phenolic OH excluding ortho intramolecular Hbond substituents is 1. The maximum Gasteiger partial charge on any atom is 0.331 e. The zero-order valence-corrected chi connectivity index (χ0v) is 19.5. The Hall–Kier alpha value is -2.75. The molecule has 0 saturated carbocycles. The van der Waals surface area contributed by atoms with Crippen molar-refractivity contribution in [3.63, 3.8) is 0 Å². The number of allylic oxidation sites excluding steroid dienone is 5. The van der Waals surface area contributed by atoms with Gasteiger partial charge in [-0.05, 0) is 96.9 Å². The summed E-state index contributed by atoms with van der Waals surface area (Å²) in [6.07, 6.45) is 14.8. The molecule has 4 nitrogen and oxygen atoms in total. The summed E-state index contributed by atoms with van der Waals surface area (Å²) in [5, 5.41) is 19.2. The molecule has 0 bridgehead atoms. The normalized spacial score (nSPS) is 18.4. The van der Waals surface area contributed by atoms with Crippen LogP contribution in [0.3, 0.4) is 0 Å². The van der Waals surface area contributed by atoms with E-state index in [2.05, 4.69) is 25.2 Å². The molecule has 0 aromatic heterocycles. The molecule has 1 aromatic carbocycles. The van der Waals surface area contributed by atoms with E-state index in [0.717, 1.165) is 49.0 Å². The second-order valence-corrected chi connectivity index (χ2v) is 8.77. The van der Waals surface area contributed by atoms with Gasteiger partial charge >= 0.3 is 5.97 Å². The summed E-state index contributed by atoms with van der Waals surface area (Å²) >= 11 is 0. The molecule has 168 valence electrons. The van der Waals surface area contributed by atoms with Gasteiger partial charge in [0.05, 0.1) is 0 Å². The van der Waals surface area contributed by atoms with Crippen molar-refractivity contribution in [1.29, 1.82) is 0 Å². The second-order valence-electron chi connectivity index (χ2n) is 8.77. The van der Waals surface area contributed by atoms with Crippen LogP contribution in [-0.4, -0.2) is 21.8 Å². The van der Waals surface area contributed by atoms with E-state index in [4.69, 9.17) is 4.74 Å². The molecule has 0 aliphatic carbocycles. The number of aryl methyl sites for hydroxylation is 1. The Balaban J connectivity index is 1.93. The smallest absolute Gasteiger partial charge is 0.331 e. The topological polar surface area (TPSA) is 66.8 Å². The zero-order chi connectivity index (χ0) is 23.0. The number of ether oxygens (including phenoxy) is 1. The third kappa shape index (κ3) is 7.46. The Morgan fingerprint density at radius 1 is 1.13 bits per heavy atom. The van der Waals surface area contributed by atoms with Crippen molar-refractivity contribution in [3.05, 3.63) is 64.3 Å². The largest absolute Gasteiger partial charge is 0.508 e. The molecule has 2 N–H and O–H groups in total. The van der Waals surface area contributed by atoms with Crippen LogP contribution < -0.4 is 4.74 Å². The molecule has 1 aliphatic heterocycles. The van der Waals surface area contributed by atoms with Gasteiger partial charge in [0.15, 0.2) is 0 Å². The number of aromatic hydroxyl groups is 1. The fraction of sp³-hybridized carbons (Fsp3) is 0.444. The van der Waals surface area contributed by atoms with Crippen LogP contribution >= 0.6 is 0 Å². The number of benzene rings is 1. The molecular formula is C27H36O4. The molecular weight excluding hydrogens is 388 g/mol. The fourth-order valence-electron chi connectivity index (χ4n) is 3.78. The summed E-state index contributed by atoms with van der Waals surface area (Å²) in [5.41, 5.74) is 4.43. The van der Waals surface area contributed by atoms with Crippen molar-refractivity contribution in [2.24, 2.45) is 0 Å². The van der Waals surface area contributed by atoms with E-state index < -0.39 is 11.6 Å². The van der Waals surface area contributed by atoms with E-state index in [1.54, 1.807) is 12.1 Å². The predicted molar refractivity (Wildman–Crippen MR) is 128 cm³/mol. The van der Waals surface area contributed by atoms with Crippen LogP contribution in [0.2, 0.25) is 0 Å². The van der Waals surface area contributed by atoms with E-state index in [9.17, 15) is 15.0 Å². The number of carbonyl (C=O) groups is 1. The molecule has 4 heteroatoms. The lowest BCUT2D eigenvalue weighted by Crippen LogP contribution is -2.32. The van der Waals surface area contributed by atoms with Crippen LogP contribution in [0.1, 0.15) is 77.3 Å². The van der Waals surface area contributed by atoms with Crippen molar-refractivity contribution in [1.82, 2.24) is 0 Å². The van der Waals surface area contributed by atoms with Gasteiger partial charge in [-0.3, -0.25) is 0 Å². The van der Waals surface area contributed by atoms with Crippen LogP contribution in [-0.2, 0) is 4.79 Å². The van der Waals surface area contributed by atoms with Crippen molar-refractivity contribution >= 4 is 12.0 Å². The quantitative estimate of drug-likeness (QED) is 0.310. The zero-order valence-electron chi connectivity index (χ0n) is 19.5. The number of phenols is 1. The molecule has 1 unspecified atom stereocenters. The highest BCUT2D eigenvalue weighted by Gasteiger charge is 2.28. The standard InChI is InChI=1S/C27H36O4/c1-6-21(10-8-12-22(26(29)30)11-7-9-19(2)3)13-15-27(5)16-14-23-18-24(28)17-20(4)25(23)31-27/h6,9,12,14,16-18,28H,7-8,10-11,13,15H2,1-5H3,(H,29,30)/b21-6+,22-12-. The van der Waals surface area contributed by atoms with Crippen molar-refractivity contribution in [2.45, 2.75) is 78.7 Å². The number of hydrogen-bond donors (Lipinski definition) is 2. The first kappa shape index (κ1) is 24.5. The molecule has 1 aromatic rings. The van der Waals surface area contributed by atoms with Gasteiger partial charge in [0.2, 0.25) is 0 Å². The Bertz CT molecular complexity index is 913. The number of carboxylic acids is 1. The highest BCUT2D eigenvalue weighted by atomic mass is 16.5. The average Bonchev–Trinajstić information content (AvgIpc) is 2.69. The predicted octanol–water partition coefficient (Wildman–Crippen LogP) is 7.13. The number of fused-ring (bicyclic) bond motifs is 1. The first-order chi connectivity index (χ1) is 14.6. The number of aliphatic carboxylic acids is 1. The summed E-state index contributed by atoms with van der Waals surface area (Å²) in [7, 11) is 0. The molecule has 1 atom stereocenters. The van der Waals surface area contributed by atoms with Crippen molar-refractivity contribution in [2.75, 3.05) is 0 Å². The van der Waals surface area contributed by atoms with Crippen LogP contribution in [0.25, 0.3) is 6.08 Å². The van der Waals surface area contributed by atoms with Gasteiger partial charge in [-0.15, -0.1) is 0 Å². The summed E-state index contributed by atoms with van der Waals surface area (Å²) < 4.78 is 6.32. The number of rotatable bonds is 10. The fourth-order valence-corrected chi connectivity index (χ4v) is 3.78. The second kappa shape index (κ2) is 11.0. The Morgan fingerprint density at radius 3 is 2.48 bits per heavy atom. The van der Waals surface area contributed by atoms with Crippen molar-refractivity contribution < 1.29 is 19.7 Å². The maximum absolute atomic E-state index is 11.5.